The van der Waals surface area contributed by atoms with Gasteiger partial charge in [0, 0.05) is 18.3 Å². The number of hydrogen-bond acceptors (Lipinski definition) is 2. The van der Waals surface area contributed by atoms with Crippen LogP contribution in [-0.4, -0.2) is 9.78 Å². The lowest BCUT2D eigenvalue weighted by Crippen LogP contribution is -2.42. The highest BCUT2D eigenvalue weighted by atomic mass is 15.4. The summed E-state index contributed by atoms with van der Waals surface area (Å²) in [5.41, 5.74) is 5.80. The van der Waals surface area contributed by atoms with E-state index in [2.05, 4.69) is 66.0 Å². The first-order valence-corrected chi connectivity index (χ1v) is 8.02. The molecule has 1 atom stereocenters. The van der Waals surface area contributed by atoms with Crippen molar-refractivity contribution in [1.82, 2.24) is 9.78 Å². The Kier molecular flexibility index (Phi) is 2.69. The second-order valence-electron chi connectivity index (χ2n) is 6.64. The molecule has 1 aromatic carbocycles. The van der Waals surface area contributed by atoms with Gasteiger partial charge in [-0.05, 0) is 38.3 Å². The lowest BCUT2D eigenvalue weighted by atomic mass is 9.92. The molecule has 0 amide bonds. The summed E-state index contributed by atoms with van der Waals surface area (Å²) in [7, 11) is 2.10. The lowest BCUT2D eigenvalue weighted by molar-refractivity contribution is 0.388. The van der Waals surface area contributed by atoms with E-state index in [9.17, 15) is 0 Å². The largest absolute Gasteiger partial charge is 0.353 e. The SMILES string of the molecule is Cc1ccccc1N1C(C)c2cnn(C)c2C12CCCC2. The summed E-state index contributed by atoms with van der Waals surface area (Å²) in [4.78, 5) is 2.68. The molecule has 1 unspecified atom stereocenters. The highest BCUT2D eigenvalue weighted by Gasteiger charge is 2.52. The van der Waals surface area contributed by atoms with E-state index in [0.29, 0.717) is 6.04 Å². The summed E-state index contributed by atoms with van der Waals surface area (Å²) in [6, 6.07) is 9.22. The van der Waals surface area contributed by atoms with Gasteiger partial charge < -0.3 is 4.90 Å². The molecule has 0 radical (unpaired) electrons. The van der Waals surface area contributed by atoms with Crippen LogP contribution in [0.3, 0.4) is 0 Å². The van der Waals surface area contributed by atoms with Gasteiger partial charge in [0.15, 0.2) is 0 Å². The van der Waals surface area contributed by atoms with Crippen molar-refractivity contribution < 1.29 is 0 Å². The smallest absolute Gasteiger partial charge is 0.0830 e. The van der Waals surface area contributed by atoms with Crippen LogP contribution in [0.2, 0.25) is 0 Å². The normalized spacial score (nSPS) is 23.0. The molecule has 2 aliphatic rings. The molecule has 1 fully saturated rings. The topological polar surface area (TPSA) is 21.1 Å². The Morgan fingerprint density at radius 1 is 1.19 bits per heavy atom. The second kappa shape index (κ2) is 4.36. The van der Waals surface area contributed by atoms with Crippen molar-refractivity contribution in [2.24, 2.45) is 7.05 Å². The Morgan fingerprint density at radius 2 is 1.90 bits per heavy atom. The van der Waals surface area contributed by atoms with Crippen molar-refractivity contribution in [1.29, 1.82) is 0 Å². The lowest BCUT2D eigenvalue weighted by Gasteiger charge is -2.41. The first-order valence-electron chi connectivity index (χ1n) is 8.02. The number of para-hydroxylation sites is 1. The van der Waals surface area contributed by atoms with Gasteiger partial charge in [0.1, 0.15) is 0 Å². The Bertz CT molecular complexity index is 680. The third-order valence-electron chi connectivity index (χ3n) is 5.51. The molecule has 0 N–H and O–H groups in total. The molecule has 1 aromatic heterocycles. The van der Waals surface area contributed by atoms with Gasteiger partial charge in [0.05, 0.1) is 23.5 Å². The molecule has 1 saturated carbocycles. The number of aryl methyl sites for hydroxylation is 2. The molecule has 110 valence electrons. The van der Waals surface area contributed by atoms with Crippen LogP contribution in [0, 0.1) is 6.92 Å². The van der Waals surface area contributed by atoms with Crippen LogP contribution in [0.25, 0.3) is 0 Å². The van der Waals surface area contributed by atoms with Gasteiger partial charge in [0.25, 0.3) is 0 Å². The first-order chi connectivity index (χ1) is 10.1. The first kappa shape index (κ1) is 12.9. The van der Waals surface area contributed by atoms with E-state index in [0.717, 1.165) is 0 Å². The maximum absolute atomic E-state index is 4.55. The fourth-order valence-electron chi connectivity index (χ4n) is 4.66. The highest BCUT2D eigenvalue weighted by Crippen LogP contribution is 2.56. The average Bonchev–Trinajstić information content (AvgIpc) is 3.13. The van der Waals surface area contributed by atoms with Gasteiger partial charge >= 0.3 is 0 Å². The predicted molar refractivity (Wildman–Crippen MR) is 85.4 cm³/mol. The minimum atomic E-state index is 0.159. The van der Waals surface area contributed by atoms with Gasteiger partial charge in [-0.25, -0.2) is 0 Å². The van der Waals surface area contributed by atoms with Crippen molar-refractivity contribution in [2.75, 3.05) is 4.90 Å². The number of fused-ring (bicyclic) bond motifs is 2. The van der Waals surface area contributed by atoms with Crippen molar-refractivity contribution in [3.05, 3.63) is 47.3 Å². The number of hydrogen-bond donors (Lipinski definition) is 0. The zero-order valence-corrected chi connectivity index (χ0v) is 13.1. The van der Waals surface area contributed by atoms with Gasteiger partial charge in [-0.2, -0.15) is 5.10 Å². The third-order valence-corrected chi connectivity index (χ3v) is 5.51. The Labute approximate surface area is 126 Å². The van der Waals surface area contributed by atoms with E-state index in [1.54, 1.807) is 0 Å². The van der Waals surface area contributed by atoms with E-state index in [4.69, 9.17) is 0 Å². The standard InChI is InChI=1S/C18H23N3/c1-13-8-4-5-9-16(13)21-14(2)15-12-19-20(3)17(15)18(21)10-6-7-11-18/h4-5,8-9,12,14H,6-7,10-11H2,1-3H3. The Hall–Kier alpha value is -1.77. The van der Waals surface area contributed by atoms with Gasteiger partial charge in [0.2, 0.25) is 0 Å². The van der Waals surface area contributed by atoms with Crippen molar-refractivity contribution in [3.8, 4) is 0 Å². The molecule has 0 saturated heterocycles. The molecular formula is C18H23N3. The zero-order chi connectivity index (χ0) is 14.6. The maximum atomic E-state index is 4.55. The van der Waals surface area contributed by atoms with E-state index in [-0.39, 0.29) is 5.54 Å². The molecule has 1 aliphatic carbocycles. The van der Waals surface area contributed by atoms with E-state index in [1.165, 1.54) is 48.2 Å². The number of aromatic nitrogens is 2. The molecule has 3 nitrogen and oxygen atoms in total. The quantitative estimate of drug-likeness (QED) is 0.785. The predicted octanol–water partition coefficient (Wildman–Crippen LogP) is 4.08. The van der Waals surface area contributed by atoms with Crippen LogP contribution in [0.5, 0.6) is 0 Å². The van der Waals surface area contributed by atoms with Crippen LogP contribution in [0.1, 0.15) is 55.5 Å². The van der Waals surface area contributed by atoms with E-state index >= 15 is 0 Å². The molecule has 0 bridgehead atoms. The molecule has 4 rings (SSSR count). The minimum absolute atomic E-state index is 0.159. The van der Waals surface area contributed by atoms with Crippen molar-refractivity contribution in [3.63, 3.8) is 0 Å². The van der Waals surface area contributed by atoms with Crippen molar-refractivity contribution >= 4 is 5.69 Å². The van der Waals surface area contributed by atoms with Gasteiger partial charge in [-0.3, -0.25) is 4.68 Å². The molecule has 1 aliphatic heterocycles. The van der Waals surface area contributed by atoms with Crippen LogP contribution in [0.15, 0.2) is 30.5 Å². The number of nitrogens with zero attached hydrogens (tertiary/aromatic N) is 3. The second-order valence-corrected chi connectivity index (χ2v) is 6.64. The maximum Gasteiger partial charge on any atom is 0.0830 e. The molecular weight excluding hydrogens is 258 g/mol. The number of benzene rings is 1. The van der Waals surface area contributed by atoms with E-state index in [1.807, 2.05) is 0 Å². The highest BCUT2D eigenvalue weighted by molar-refractivity contribution is 5.62. The van der Waals surface area contributed by atoms with Gasteiger partial charge in [-0.1, -0.05) is 31.0 Å². The van der Waals surface area contributed by atoms with Crippen LogP contribution in [-0.2, 0) is 12.6 Å². The molecule has 21 heavy (non-hydrogen) atoms. The Morgan fingerprint density at radius 3 is 2.62 bits per heavy atom. The zero-order valence-electron chi connectivity index (χ0n) is 13.1. The van der Waals surface area contributed by atoms with Crippen molar-refractivity contribution in [2.45, 2.75) is 51.1 Å². The molecule has 2 heterocycles. The molecule has 1 spiro atoms. The van der Waals surface area contributed by atoms with E-state index < -0.39 is 0 Å². The monoisotopic (exact) mass is 281 g/mol. The number of anilines is 1. The Balaban J connectivity index is 1.94. The average molecular weight is 281 g/mol. The molecule has 3 heteroatoms. The van der Waals surface area contributed by atoms with Crippen LogP contribution >= 0.6 is 0 Å². The summed E-state index contributed by atoms with van der Waals surface area (Å²) in [6.07, 6.45) is 7.22. The fourth-order valence-corrected chi connectivity index (χ4v) is 4.66. The number of rotatable bonds is 1. The van der Waals surface area contributed by atoms with Crippen LogP contribution in [0.4, 0.5) is 5.69 Å². The summed E-state index contributed by atoms with van der Waals surface area (Å²) in [6.45, 7) is 4.56. The summed E-state index contributed by atoms with van der Waals surface area (Å²) in [5.74, 6) is 0. The molecule has 2 aromatic rings. The fraction of sp³-hybridized carbons (Fsp3) is 0.500. The summed E-state index contributed by atoms with van der Waals surface area (Å²) < 4.78 is 2.12. The summed E-state index contributed by atoms with van der Waals surface area (Å²) >= 11 is 0. The van der Waals surface area contributed by atoms with Crippen LogP contribution < -0.4 is 4.90 Å². The minimum Gasteiger partial charge on any atom is -0.353 e. The van der Waals surface area contributed by atoms with Gasteiger partial charge in [-0.15, -0.1) is 0 Å². The third kappa shape index (κ3) is 1.57. The summed E-state index contributed by atoms with van der Waals surface area (Å²) in [5, 5.41) is 4.55.